The Balaban J connectivity index is 2.60. The Kier molecular flexibility index (Phi) is 6.42. The van der Waals surface area contributed by atoms with Gasteiger partial charge >= 0.3 is 0 Å². The van der Waals surface area contributed by atoms with Gasteiger partial charge in [-0.1, -0.05) is 0 Å². The Morgan fingerprint density at radius 3 is 2.70 bits per heavy atom. The lowest BCUT2D eigenvalue weighted by Gasteiger charge is -2.42. The first kappa shape index (κ1) is 17.4. The van der Waals surface area contributed by atoms with Crippen molar-refractivity contribution in [3.63, 3.8) is 0 Å². The largest absolute Gasteiger partial charge is 0.396 e. The summed E-state index contributed by atoms with van der Waals surface area (Å²) in [6, 6.07) is 0. The van der Waals surface area contributed by atoms with Gasteiger partial charge in [0.15, 0.2) is 0 Å². The molecule has 20 heavy (non-hydrogen) atoms. The van der Waals surface area contributed by atoms with Crippen molar-refractivity contribution in [2.75, 3.05) is 45.4 Å². The molecule has 1 atom stereocenters. The number of aliphatic hydroxyl groups is 1. The van der Waals surface area contributed by atoms with Gasteiger partial charge in [0.05, 0.1) is 12.4 Å². The standard InChI is InChI=1S/C13H25NO5S/c1-19-8-6-13(11-15)5-3-7-14(10-13)12(16)4-9-20(2,17)18/h15H,3-11H2,1-2H3/t13-/m1/s1. The molecule has 6 nitrogen and oxygen atoms in total. The number of piperidine rings is 1. The molecule has 0 aromatic rings. The maximum atomic E-state index is 12.1. The number of hydrogen-bond acceptors (Lipinski definition) is 5. The van der Waals surface area contributed by atoms with E-state index in [-0.39, 0.29) is 30.1 Å². The highest BCUT2D eigenvalue weighted by molar-refractivity contribution is 7.90. The van der Waals surface area contributed by atoms with E-state index in [4.69, 9.17) is 4.74 Å². The lowest BCUT2D eigenvalue weighted by atomic mass is 9.78. The van der Waals surface area contributed by atoms with Crippen molar-refractivity contribution in [2.24, 2.45) is 5.41 Å². The minimum absolute atomic E-state index is 0.0185. The molecule has 0 saturated carbocycles. The van der Waals surface area contributed by atoms with Gasteiger partial charge in [-0.05, 0) is 19.3 Å². The topological polar surface area (TPSA) is 83.9 Å². The minimum Gasteiger partial charge on any atom is -0.396 e. The van der Waals surface area contributed by atoms with Crippen molar-refractivity contribution in [3.05, 3.63) is 0 Å². The third-order valence-corrected chi connectivity index (χ3v) is 4.82. The zero-order valence-corrected chi connectivity index (χ0v) is 13.1. The fourth-order valence-corrected chi connectivity index (χ4v) is 3.13. The molecule has 0 unspecified atom stereocenters. The molecule has 0 spiro atoms. The summed E-state index contributed by atoms with van der Waals surface area (Å²) >= 11 is 0. The van der Waals surface area contributed by atoms with Gasteiger partial charge in [0.25, 0.3) is 0 Å². The molecule has 1 rings (SSSR count). The van der Waals surface area contributed by atoms with E-state index >= 15 is 0 Å². The number of rotatable bonds is 7. The molecule has 118 valence electrons. The van der Waals surface area contributed by atoms with Crippen LogP contribution in [0.3, 0.4) is 0 Å². The Hall–Kier alpha value is -0.660. The summed E-state index contributed by atoms with van der Waals surface area (Å²) in [7, 11) is -1.51. The van der Waals surface area contributed by atoms with E-state index in [1.807, 2.05) is 0 Å². The number of carbonyl (C=O) groups excluding carboxylic acids is 1. The third-order valence-electron chi connectivity index (χ3n) is 3.87. The molecule has 1 aliphatic heterocycles. The van der Waals surface area contributed by atoms with Gasteiger partial charge < -0.3 is 14.7 Å². The summed E-state index contributed by atoms with van der Waals surface area (Å²) in [6.07, 6.45) is 3.55. The van der Waals surface area contributed by atoms with Crippen LogP contribution in [0.5, 0.6) is 0 Å². The Morgan fingerprint density at radius 1 is 1.45 bits per heavy atom. The second-order valence-electron chi connectivity index (χ2n) is 5.70. The number of carbonyl (C=O) groups is 1. The van der Waals surface area contributed by atoms with Gasteiger partial charge in [-0.15, -0.1) is 0 Å². The molecule has 1 aliphatic rings. The van der Waals surface area contributed by atoms with Crippen LogP contribution in [-0.4, -0.2) is 69.8 Å². The molecular formula is C13H25NO5S. The fourth-order valence-electron chi connectivity index (χ4n) is 2.58. The summed E-state index contributed by atoms with van der Waals surface area (Å²) in [5.41, 5.74) is -0.311. The second-order valence-corrected chi connectivity index (χ2v) is 7.96. The molecule has 0 bridgehead atoms. The first-order chi connectivity index (χ1) is 9.32. The van der Waals surface area contributed by atoms with Crippen molar-refractivity contribution in [3.8, 4) is 0 Å². The molecule has 0 radical (unpaired) electrons. The fraction of sp³-hybridized carbons (Fsp3) is 0.923. The van der Waals surface area contributed by atoms with Crippen LogP contribution in [0.25, 0.3) is 0 Å². The van der Waals surface area contributed by atoms with Crippen molar-refractivity contribution < 1.29 is 23.1 Å². The molecule has 0 aromatic heterocycles. The molecule has 1 amide bonds. The predicted octanol–water partition coefficient (Wildman–Crippen LogP) is 0.0587. The van der Waals surface area contributed by atoms with Crippen molar-refractivity contribution in [1.29, 1.82) is 0 Å². The third kappa shape index (κ3) is 5.38. The first-order valence-electron chi connectivity index (χ1n) is 6.87. The zero-order valence-electron chi connectivity index (χ0n) is 12.3. The van der Waals surface area contributed by atoms with E-state index in [0.717, 1.165) is 19.1 Å². The predicted molar refractivity (Wildman–Crippen MR) is 76.2 cm³/mol. The van der Waals surface area contributed by atoms with Crippen molar-refractivity contribution in [2.45, 2.75) is 25.7 Å². The van der Waals surface area contributed by atoms with E-state index in [1.54, 1.807) is 12.0 Å². The van der Waals surface area contributed by atoms with Gasteiger partial charge in [-0.25, -0.2) is 8.42 Å². The van der Waals surface area contributed by atoms with E-state index in [9.17, 15) is 18.3 Å². The average molecular weight is 307 g/mol. The summed E-state index contributed by atoms with van der Waals surface area (Å²) < 4.78 is 27.3. The van der Waals surface area contributed by atoms with Crippen LogP contribution in [0.1, 0.15) is 25.7 Å². The summed E-state index contributed by atoms with van der Waals surface area (Å²) in [5, 5.41) is 9.64. The Morgan fingerprint density at radius 2 is 2.15 bits per heavy atom. The highest BCUT2D eigenvalue weighted by Crippen LogP contribution is 2.33. The first-order valence-corrected chi connectivity index (χ1v) is 8.93. The average Bonchev–Trinajstić information content (AvgIpc) is 2.42. The number of sulfone groups is 1. The highest BCUT2D eigenvalue weighted by Gasteiger charge is 2.36. The normalized spacial score (nSPS) is 23.9. The van der Waals surface area contributed by atoms with Crippen LogP contribution in [-0.2, 0) is 19.4 Å². The van der Waals surface area contributed by atoms with E-state index in [2.05, 4.69) is 0 Å². The smallest absolute Gasteiger partial charge is 0.223 e. The summed E-state index contributed by atoms with van der Waals surface area (Å²) in [4.78, 5) is 13.8. The Labute approximate surface area is 121 Å². The van der Waals surface area contributed by atoms with E-state index in [0.29, 0.717) is 26.1 Å². The second kappa shape index (κ2) is 7.38. The summed E-state index contributed by atoms with van der Waals surface area (Å²) in [5.74, 6) is -0.266. The molecular weight excluding hydrogens is 282 g/mol. The Bertz CT molecular complexity index is 422. The van der Waals surface area contributed by atoms with E-state index in [1.165, 1.54) is 0 Å². The SMILES string of the molecule is COCC[C@]1(CO)CCCN(C(=O)CCS(C)(=O)=O)C1. The zero-order chi connectivity index (χ0) is 15.2. The number of amides is 1. The molecule has 0 aliphatic carbocycles. The monoisotopic (exact) mass is 307 g/mol. The number of ether oxygens (including phenoxy) is 1. The van der Waals surface area contributed by atoms with Crippen LogP contribution < -0.4 is 0 Å². The molecule has 1 heterocycles. The minimum atomic E-state index is -3.12. The van der Waals surface area contributed by atoms with Crippen LogP contribution in [0.15, 0.2) is 0 Å². The van der Waals surface area contributed by atoms with Gasteiger partial charge in [0, 0.05) is 44.9 Å². The maximum absolute atomic E-state index is 12.1. The van der Waals surface area contributed by atoms with Crippen molar-refractivity contribution >= 4 is 15.7 Å². The number of aliphatic hydroxyl groups excluding tert-OH is 1. The molecule has 1 saturated heterocycles. The van der Waals surface area contributed by atoms with Crippen molar-refractivity contribution in [1.82, 2.24) is 4.90 Å². The van der Waals surface area contributed by atoms with Crippen LogP contribution in [0.2, 0.25) is 0 Å². The van der Waals surface area contributed by atoms with Gasteiger partial charge in [0.2, 0.25) is 5.91 Å². The van der Waals surface area contributed by atoms with Crippen LogP contribution in [0, 0.1) is 5.41 Å². The summed E-state index contributed by atoms with van der Waals surface area (Å²) in [6.45, 7) is 1.69. The number of likely N-dealkylation sites (tertiary alicyclic amines) is 1. The quantitative estimate of drug-likeness (QED) is 0.719. The lowest BCUT2D eigenvalue weighted by Crippen LogP contribution is -2.48. The molecule has 7 heteroatoms. The van der Waals surface area contributed by atoms with Gasteiger partial charge in [0.1, 0.15) is 9.84 Å². The number of nitrogens with zero attached hydrogens (tertiary/aromatic N) is 1. The van der Waals surface area contributed by atoms with Gasteiger partial charge in [-0.2, -0.15) is 0 Å². The molecule has 1 N–H and O–H groups in total. The van der Waals surface area contributed by atoms with Crippen LogP contribution in [0.4, 0.5) is 0 Å². The van der Waals surface area contributed by atoms with E-state index < -0.39 is 9.84 Å². The molecule has 1 fully saturated rings. The number of methoxy groups -OCH3 is 1. The highest BCUT2D eigenvalue weighted by atomic mass is 32.2. The lowest BCUT2D eigenvalue weighted by molar-refractivity contribution is -0.135. The van der Waals surface area contributed by atoms with Gasteiger partial charge in [-0.3, -0.25) is 4.79 Å². The number of hydrogen-bond donors (Lipinski definition) is 1. The molecule has 0 aromatic carbocycles. The van der Waals surface area contributed by atoms with Crippen LogP contribution >= 0.6 is 0 Å². The maximum Gasteiger partial charge on any atom is 0.223 e.